The molecule has 1 saturated carbocycles. The molecular weight excluding hydrogens is 228 g/mol. The summed E-state index contributed by atoms with van der Waals surface area (Å²) in [5, 5.41) is 4.09. The van der Waals surface area contributed by atoms with Crippen molar-refractivity contribution in [3.63, 3.8) is 0 Å². The summed E-state index contributed by atoms with van der Waals surface area (Å²) in [6.45, 7) is 3.91. The lowest BCUT2D eigenvalue weighted by atomic mass is 9.95. The van der Waals surface area contributed by atoms with Crippen LogP contribution in [0, 0.1) is 5.92 Å². The Labute approximate surface area is 108 Å². The number of hydrogen-bond acceptors (Lipinski definition) is 5. The molecule has 0 aromatic carbocycles. The Morgan fingerprint density at radius 2 is 2.22 bits per heavy atom. The predicted octanol–water partition coefficient (Wildman–Crippen LogP) is 1.51. The fourth-order valence-electron chi connectivity index (χ4n) is 2.79. The standard InChI is InChI=1S/C13H22N4O/c14-6-5-10-2-1-7-17(8-10)9-12-15-13(18-16-12)11-3-4-11/h10-11H,1-9,14H2. The van der Waals surface area contributed by atoms with Gasteiger partial charge in [-0.15, -0.1) is 0 Å². The summed E-state index contributed by atoms with van der Waals surface area (Å²) in [7, 11) is 0. The Balaban J connectivity index is 1.54. The van der Waals surface area contributed by atoms with Gasteiger partial charge in [0.2, 0.25) is 5.89 Å². The van der Waals surface area contributed by atoms with Crippen LogP contribution < -0.4 is 5.73 Å². The molecule has 0 amide bonds. The first-order valence-electron chi connectivity index (χ1n) is 7.10. The lowest BCUT2D eigenvalue weighted by Gasteiger charge is -2.31. The Morgan fingerprint density at radius 3 is 3.00 bits per heavy atom. The smallest absolute Gasteiger partial charge is 0.229 e. The van der Waals surface area contributed by atoms with Gasteiger partial charge in [0.05, 0.1) is 6.54 Å². The molecular formula is C13H22N4O. The maximum atomic E-state index is 5.64. The summed E-state index contributed by atoms with van der Waals surface area (Å²) in [5.74, 6) is 3.00. The molecule has 0 bridgehead atoms. The Morgan fingerprint density at radius 1 is 1.33 bits per heavy atom. The van der Waals surface area contributed by atoms with E-state index < -0.39 is 0 Å². The van der Waals surface area contributed by atoms with Crippen LogP contribution in [0.5, 0.6) is 0 Å². The van der Waals surface area contributed by atoms with Gasteiger partial charge in [-0.1, -0.05) is 5.16 Å². The van der Waals surface area contributed by atoms with Crippen LogP contribution in [0.2, 0.25) is 0 Å². The van der Waals surface area contributed by atoms with E-state index >= 15 is 0 Å². The van der Waals surface area contributed by atoms with Crippen molar-refractivity contribution in [2.75, 3.05) is 19.6 Å². The van der Waals surface area contributed by atoms with Crippen LogP contribution in [0.1, 0.15) is 49.7 Å². The number of aromatic nitrogens is 2. The van der Waals surface area contributed by atoms with Crippen molar-refractivity contribution in [2.24, 2.45) is 11.7 Å². The molecule has 2 fully saturated rings. The van der Waals surface area contributed by atoms with Crippen LogP contribution in [-0.4, -0.2) is 34.7 Å². The van der Waals surface area contributed by atoms with Gasteiger partial charge in [-0.3, -0.25) is 4.90 Å². The fourth-order valence-corrected chi connectivity index (χ4v) is 2.79. The highest BCUT2D eigenvalue weighted by Crippen LogP contribution is 2.38. The Hall–Kier alpha value is -0.940. The highest BCUT2D eigenvalue weighted by atomic mass is 16.5. The molecule has 1 aliphatic carbocycles. The summed E-state index contributed by atoms with van der Waals surface area (Å²) >= 11 is 0. The van der Waals surface area contributed by atoms with E-state index in [4.69, 9.17) is 10.3 Å². The molecule has 18 heavy (non-hydrogen) atoms. The molecule has 2 aliphatic rings. The molecule has 1 atom stereocenters. The second-order valence-corrected chi connectivity index (χ2v) is 5.64. The molecule has 2 heterocycles. The fraction of sp³-hybridized carbons (Fsp3) is 0.846. The molecule has 1 aromatic heterocycles. The van der Waals surface area contributed by atoms with Crippen molar-refractivity contribution in [3.05, 3.63) is 11.7 Å². The molecule has 1 saturated heterocycles. The van der Waals surface area contributed by atoms with Gasteiger partial charge < -0.3 is 10.3 Å². The van der Waals surface area contributed by atoms with Gasteiger partial charge in [-0.25, -0.2) is 0 Å². The summed E-state index contributed by atoms with van der Waals surface area (Å²) < 4.78 is 5.30. The molecule has 1 unspecified atom stereocenters. The second kappa shape index (κ2) is 5.36. The van der Waals surface area contributed by atoms with Crippen molar-refractivity contribution in [3.8, 4) is 0 Å². The molecule has 5 nitrogen and oxygen atoms in total. The summed E-state index contributed by atoms with van der Waals surface area (Å²) in [6, 6.07) is 0. The number of nitrogens with two attached hydrogens (primary N) is 1. The van der Waals surface area contributed by atoms with E-state index in [0.29, 0.717) is 5.92 Å². The highest BCUT2D eigenvalue weighted by molar-refractivity contribution is 5.01. The van der Waals surface area contributed by atoms with Crippen LogP contribution in [0.15, 0.2) is 4.52 Å². The number of rotatable bonds is 5. The molecule has 1 aromatic rings. The SMILES string of the molecule is NCCC1CCCN(Cc2noc(C3CC3)n2)C1. The monoisotopic (exact) mass is 250 g/mol. The van der Waals surface area contributed by atoms with Crippen LogP contribution >= 0.6 is 0 Å². The second-order valence-electron chi connectivity index (χ2n) is 5.64. The normalized spacial score (nSPS) is 25.5. The zero-order valence-corrected chi connectivity index (χ0v) is 10.8. The van der Waals surface area contributed by atoms with Gasteiger partial charge in [0.15, 0.2) is 5.82 Å². The van der Waals surface area contributed by atoms with E-state index in [-0.39, 0.29) is 0 Å². The average molecular weight is 250 g/mol. The van der Waals surface area contributed by atoms with Gasteiger partial charge in [0.25, 0.3) is 0 Å². The van der Waals surface area contributed by atoms with Gasteiger partial charge in [0.1, 0.15) is 0 Å². The molecule has 5 heteroatoms. The third kappa shape index (κ3) is 2.90. The van der Waals surface area contributed by atoms with Crippen LogP contribution in [0.25, 0.3) is 0 Å². The summed E-state index contributed by atoms with van der Waals surface area (Å²) in [5.41, 5.74) is 5.64. The van der Waals surface area contributed by atoms with Gasteiger partial charge in [-0.2, -0.15) is 4.98 Å². The molecule has 0 radical (unpaired) electrons. The first-order valence-corrected chi connectivity index (χ1v) is 7.10. The van der Waals surface area contributed by atoms with E-state index in [1.54, 1.807) is 0 Å². The van der Waals surface area contributed by atoms with Crippen molar-refractivity contribution < 1.29 is 4.52 Å². The molecule has 0 spiro atoms. The zero-order valence-electron chi connectivity index (χ0n) is 10.8. The molecule has 100 valence electrons. The number of likely N-dealkylation sites (tertiary alicyclic amines) is 1. The van der Waals surface area contributed by atoms with Gasteiger partial charge >= 0.3 is 0 Å². The zero-order chi connectivity index (χ0) is 12.4. The number of hydrogen-bond donors (Lipinski definition) is 1. The minimum absolute atomic E-state index is 0.553. The molecule has 3 rings (SSSR count). The minimum atomic E-state index is 0.553. The third-order valence-corrected chi connectivity index (χ3v) is 3.95. The largest absolute Gasteiger partial charge is 0.339 e. The van der Waals surface area contributed by atoms with Crippen molar-refractivity contribution in [1.82, 2.24) is 15.0 Å². The van der Waals surface area contributed by atoms with Crippen molar-refractivity contribution in [2.45, 2.75) is 44.6 Å². The topological polar surface area (TPSA) is 68.2 Å². The van der Waals surface area contributed by atoms with Gasteiger partial charge in [0, 0.05) is 12.5 Å². The Bertz CT molecular complexity index is 386. The van der Waals surface area contributed by atoms with Gasteiger partial charge in [-0.05, 0) is 51.1 Å². The average Bonchev–Trinajstić information content (AvgIpc) is 3.12. The lowest BCUT2D eigenvalue weighted by Crippen LogP contribution is -2.35. The van der Waals surface area contributed by atoms with E-state index in [9.17, 15) is 0 Å². The van der Waals surface area contributed by atoms with E-state index in [2.05, 4.69) is 15.0 Å². The minimum Gasteiger partial charge on any atom is -0.339 e. The van der Waals surface area contributed by atoms with E-state index in [0.717, 1.165) is 50.2 Å². The predicted molar refractivity (Wildman–Crippen MR) is 67.9 cm³/mol. The van der Waals surface area contributed by atoms with E-state index in [1.807, 2.05) is 0 Å². The summed E-state index contributed by atoms with van der Waals surface area (Å²) in [4.78, 5) is 6.93. The van der Waals surface area contributed by atoms with Crippen LogP contribution in [0.4, 0.5) is 0 Å². The molecule has 2 N–H and O–H groups in total. The molecule has 1 aliphatic heterocycles. The number of nitrogens with zero attached hydrogens (tertiary/aromatic N) is 3. The lowest BCUT2D eigenvalue weighted by molar-refractivity contribution is 0.158. The third-order valence-electron chi connectivity index (χ3n) is 3.95. The first kappa shape index (κ1) is 12.1. The van der Waals surface area contributed by atoms with Crippen molar-refractivity contribution in [1.29, 1.82) is 0 Å². The summed E-state index contributed by atoms with van der Waals surface area (Å²) in [6.07, 6.45) is 6.13. The maximum Gasteiger partial charge on any atom is 0.229 e. The van der Waals surface area contributed by atoms with Crippen molar-refractivity contribution >= 4 is 0 Å². The quantitative estimate of drug-likeness (QED) is 0.858. The Kier molecular flexibility index (Phi) is 3.61. The van der Waals surface area contributed by atoms with Crippen LogP contribution in [0.3, 0.4) is 0 Å². The number of piperidine rings is 1. The first-order chi connectivity index (χ1) is 8.85. The van der Waals surface area contributed by atoms with Crippen LogP contribution in [-0.2, 0) is 6.54 Å². The van der Waals surface area contributed by atoms with E-state index in [1.165, 1.54) is 25.7 Å². The maximum absolute atomic E-state index is 5.64. The highest BCUT2D eigenvalue weighted by Gasteiger charge is 2.30.